The van der Waals surface area contributed by atoms with Crippen LogP contribution in [0.15, 0.2) is 61.1 Å². The summed E-state index contributed by atoms with van der Waals surface area (Å²) in [6, 6.07) is 11.6. The standard InChI is InChI=1S/C31H37F2N7O6/c1-21-18-23(4-7-25(21)30(44)36-10-17-45-16-9-34-27(43)20-39(12-14-41)13-15-42)38-28-29-37-19-26(40(29)11-8-35-28)22-2-5-24(6-3-22)46-31(32)33/h2-8,11,18-19,31,41-42H,9-10,12-17,20H2,1H3,(H,34,43)(H,35,38)(H,36,44). The molecule has 0 spiro atoms. The Kier molecular flexibility index (Phi) is 12.7. The third kappa shape index (κ3) is 9.65. The molecule has 2 aromatic heterocycles. The van der Waals surface area contributed by atoms with Gasteiger partial charge in [-0.2, -0.15) is 8.78 Å². The molecule has 0 unspecified atom stereocenters. The summed E-state index contributed by atoms with van der Waals surface area (Å²) in [6.07, 6.45) is 5.03. The van der Waals surface area contributed by atoms with Crippen LogP contribution in [0.2, 0.25) is 0 Å². The van der Waals surface area contributed by atoms with Crippen molar-refractivity contribution < 1.29 is 38.1 Å². The van der Waals surface area contributed by atoms with Crippen LogP contribution in [-0.2, 0) is 9.53 Å². The molecule has 13 nitrogen and oxygen atoms in total. The lowest BCUT2D eigenvalue weighted by molar-refractivity contribution is -0.122. The fourth-order valence-corrected chi connectivity index (χ4v) is 4.67. The van der Waals surface area contributed by atoms with E-state index in [-0.39, 0.29) is 57.1 Å². The first-order valence-corrected chi connectivity index (χ1v) is 14.6. The van der Waals surface area contributed by atoms with Crippen molar-refractivity contribution in [2.45, 2.75) is 13.5 Å². The normalized spacial score (nSPS) is 11.3. The summed E-state index contributed by atoms with van der Waals surface area (Å²) in [7, 11) is 0. The molecule has 0 aliphatic heterocycles. The van der Waals surface area contributed by atoms with Crippen molar-refractivity contribution in [3.63, 3.8) is 0 Å². The van der Waals surface area contributed by atoms with E-state index in [2.05, 4.69) is 30.7 Å². The summed E-state index contributed by atoms with van der Waals surface area (Å²) < 4.78 is 36.7. The van der Waals surface area contributed by atoms with E-state index in [1.807, 2.05) is 17.4 Å². The predicted molar refractivity (Wildman–Crippen MR) is 166 cm³/mol. The number of nitrogens with zero attached hydrogens (tertiary/aromatic N) is 4. The minimum absolute atomic E-state index is 0.0646. The number of aromatic nitrogens is 3. The Morgan fingerprint density at radius 1 is 1.00 bits per heavy atom. The second kappa shape index (κ2) is 17.1. The van der Waals surface area contributed by atoms with Gasteiger partial charge in [0.2, 0.25) is 5.91 Å². The molecule has 4 aromatic rings. The average Bonchev–Trinajstić information content (AvgIpc) is 3.46. The van der Waals surface area contributed by atoms with E-state index < -0.39 is 6.61 Å². The Hall–Kier alpha value is -4.70. The van der Waals surface area contributed by atoms with Gasteiger partial charge in [-0.1, -0.05) is 0 Å². The lowest BCUT2D eigenvalue weighted by Crippen LogP contribution is -2.41. The lowest BCUT2D eigenvalue weighted by Gasteiger charge is -2.19. The van der Waals surface area contributed by atoms with Crippen LogP contribution in [-0.4, -0.2) is 107 Å². The molecule has 4 rings (SSSR count). The maximum Gasteiger partial charge on any atom is 0.387 e. The number of imidazole rings is 1. The van der Waals surface area contributed by atoms with E-state index in [4.69, 9.17) is 14.9 Å². The fraction of sp³-hybridized carbons (Fsp3) is 0.355. The summed E-state index contributed by atoms with van der Waals surface area (Å²) in [5.41, 5.74) is 3.99. The van der Waals surface area contributed by atoms with Crippen LogP contribution in [0.25, 0.3) is 16.9 Å². The van der Waals surface area contributed by atoms with E-state index in [9.17, 15) is 18.4 Å². The van der Waals surface area contributed by atoms with Crippen LogP contribution >= 0.6 is 0 Å². The van der Waals surface area contributed by atoms with Gasteiger partial charge >= 0.3 is 6.61 Å². The first-order chi connectivity index (χ1) is 22.3. The molecule has 0 saturated heterocycles. The molecule has 0 aliphatic carbocycles. The maximum absolute atomic E-state index is 12.8. The molecule has 0 saturated carbocycles. The molecule has 246 valence electrons. The number of fused-ring (bicyclic) bond motifs is 1. The molecular weight excluding hydrogens is 604 g/mol. The molecule has 2 aromatic carbocycles. The number of rotatable bonds is 18. The third-order valence-corrected chi connectivity index (χ3v) is 6.84. The number of aliphatic hydroxyl groups excluding tert-OH is 2. The Morgan fingerprint density at radius 2 is 1.72 bits per heavy atom. The van der Waals surface area contributed by atoms with Crippen LogP contribution in [0.3, 0.4) is 0 Å². The van der Waals surface area contributed by atoms with Gasteiger partial charge in [0.15, 0.2) is 11.5 Å². The van der Waals surface area contributed by atoms with Crippen molar-refractivity contribution in [2.75, 3.05) is 64.5 Å². The average molecular weight is 642 g/mol. The van der Waals surface area contributed by atoms with Crippen molar-refractivity contribution in [3.05, 3.63) is 72.2 Å². The van der Waals surface area contributed by atoms with Gasteiger partial charge in [0.1, 0.15) is 5.75 Å². The zero-order chi connectivity index (χ0) is 32.9. The number of ether oxygens (including phenoxy) is 2. The second-order valence-corrected chi connectivity index (χ2v) is 10.1. The van der Waals surface area contributed by atoms with Crippen LogP contribution in [0, 0.1) is 6.92 Å². The molecule has 0 atom stereocenters. The number of hydrogen-bond acceptors (Lipinski definition) is 10. The zero-order valence-corrected chi connectivity index (χ0v) is 25.3. The summed E-state index contributed by atoms with van der Waals surface area (Å²) in [6.45, 7) is 0.495. The quantitative estimate of drug-likeness (QED) is 0.102. The largest absolute Gasteiger partial charge is 0.435 e. The van der Waals surface area contributed by atoms with Gasteiger partial charge in [-0.25, -0.2) is 9.97 Å². The number of benzene rings is 2. The zero-order valence-electron chi connectivity index (χ0n) is 25.3. The molecule has 0 fully saturated rings. The number of hydrogen-bond donors (Lipinski definition) is 5. The highest BCUT2D eigenvalue weighted by Gasteiger charge is 2.14. The van der Waals surface area contributed by atoms with E-state index in [1.54, 1.807) is 47.8 Å². The highest BCUT2D eigenvalue weighted by Crippen LogP contribution is 2.27. The second-order valence-electron chi connectivity index (χ2n) is 10.1. The Labute approximate surface area is 264 Å². The number of alkyl halides is 2. The summed E-state index contributed by atoms with van der Waals surface area (Å²) in [4.78, 5) is 35.3. The van der Waals surface area contributed by atoms with Gasteiger partial charge < -0.3 is 35.6 Å². The fourth-order valence-electron chi connectivity index (χ4n) is 4.67. The van der Waals surface area contributed by atoms with E-state index in [0.29, 0.717) is 42.4 Å². The molecule has 2 heterocycles. The van der Waals surface area contributed by atoms with E-state index in [1.165, 1.54) is 12.1 Å². The van der Waals surface area contributed by atoms with Crippen molar-refractivity contribution in [1.29, 1.82) is 0 Å². The van der Waals surface area contributed by atoms with Crippen molar-refractivity contribution >= 4 is 29.0 Å². The highest BCUT2D eigenvalue weighted by atomic mass is 19.3. The summed E-state index contributed by atoms with van der Waals surface area (Å²) in [5, 5.41) is 26.8. The number of aryl methyl sites for hydroxylation is 1. The smallest absolute Gasteiger partial charge is 0.387 e. The summed E-state index contributed by atoms with van der Waals surface area (Å²) in [5.74, 6) is 0.0674. The molecule has 5 N–H and O–H groups in total. The van der Waals surface area contributed by atoms with Gasteiger partial charge in [-0.3, -0.25) is 18.9 Å². The highest BCUT2D eigenvalue weighted by molar-refractivity contribution is 5.96. The topological polar surface area (TPSA) is 163 Å². The van der Waals surface area contributed by atoms with E-state index >= 15 is 0 Å². The molecule has 2 amide bonds. The van der Waals surface area contributed by atoms with Crippen molar-refractivity contribution in [1.82, 2.24) is 29.9 Å². The van der Waals surface area contributed by atoms with Crippen LogP contribution in [0.4, 0.5) is 20.3 Å². The van der Waals surface area contributed by atoms with Gasteiger partial charge in [-0.15, -0.1) is 0 Å². The molecular formula is C31H37F2N7O6. The number of carbonyl (C=O) groups excluding carboxylic acids is 2. The molecule has 0 radical (unpaired) electrons. The Morgan fingerprint density at radius 3 is 2.39 bits per heavy atom. The Balaban J connectivity index is 1.25. The summed E-state index contributed by atoms with van der Waals surface area (Å²) >= 11 is 0. The van der Waals surface area contributed by atoms with Crippen molar-refractivity contribution in [2.24, 2.45) is 0 Å². The number of halogens is 2. The van der Waals surface area contributed by atoms with Gasteiger partial charge in [-0.05, 0) is 55.0 Å². The van der Waals surface area contributed by atoms with Gasteiger partial charge in [0.05, 0.1) is 44.9 Å². The SMILES string of the molecule is Cc1cc(Nc2nccn3c(-c4ccc(OC(F)F)cc4)cnc23)ccc1C(=O)NCCOCCNC(=O)CN(CCO)CCO. The maximum atomic E-state index is 12.8. The number of carbonyl (C=O) groups is 2. The number of amides is 2. The monoisotopic (exact) mass is 641 g/mol. The van der Waals surface area contributed by atoms with Gasteiger partial charge in [0, 0.05) is 55.4 Å². The minimum Gasteiger partial charge on any atom is -0.435 e. The van der Waals surface area contributed by atoms with Crippen LogP contribution in [0.1, 0.15) is 15.9 Å². The van der Waals surface area contributed by atoms with E-state index in [0.717, 1.165) is 16.8 Å². The first kappa shape index (κ1) is 34.2. The lowest BCUT2D eigenvalue weighted by atomic mass is 10.1. The van der Waals surface area contributed by atoms with Crippen LogP contribution in [0.5, 0.6) is 5.75 Å². The predicted octanol–water partition coefficient (Wildman–Crippen LogP) is 2.20. The molecule has 46 heavy (non-hydrogen) atoms. The van der Waals surface area contributed by atoms with Crippen molar-refractivity contribution in [3.8, 4) is 17.0 Å². The molecule has 0 bridgehead atoms. The number of aliphatic hydroxyl groups is 2. The number of nitrogens with one attached hydrogen (secondary N) is 3. The Bertz CT molecular complexity index is 1580. The third-order valence-electron chi connectivity index (χ3n) is 6.84. The minimum atomic E-state index is -2.90. The molecule has 15 heteroatoms. The van der Waals surface area contributed by atoms with Crippen LogP contribution < -0.4 is 20.7 Å². The van der Waals surface area contributed by atoms with Gasteiger partial charge in [0.25, 0.3) is 5.91 Å². The number of anilines is 2. The molecule has 0 aliphatic rings. The first-order valence-electron chi connectivity index (χ1n) is 14.6.